The van der Waals surface area contributed by atoms with Gasteiger partial charge in [0.15, 0.2) is 0 Å². The molecule has 0 aliphatic carbocycles. The summed E-state index contributed by atoms with van der Waals surface area (Å²) in [6, 6.07) is 11.9. The van der Waals surface area contributed by atoms with E-state index in [1.165, 1.54) is 0 Å². The maximum Gasteiger partial charge on any atom is 0.263 e. The first kappa shape index (κ1) is 15.7. The second kappa shape index (κ2) is 6.37. The Morgan fingerprint density at radius 2 is 1.86 bits per heavy atom. The van der Waals surface area contributed by atoms with Crippen LogP contribution in [0, 0.1) is 6.92 Å². The molecule has 112 valence electrons. The van der Waals surface area contributed by atoms with Crippen LogP contribution < -0.4 is 10.0 Å². The molecule has 0 aliphatic rings. The van der Waals surface area contributed by atoms with E-state index in [-0.39, 0.29) is 4.90 Å². The van der Waals surface area contributed by atoms with Crippen LogP contribution in [0.5, 0.6) is 0 Å². The molecule has 0 saturated carbocycles. The summed E-state index contributed by atoms with van der Waals surface area (Å²) in [4.78, 5) is 0.212. The minimum Gasteiger partial charge on any atom is -0.384 e. The second-order valence-corrected chi connectivity index (χ2v) is 6.65. The normalized spacial score (nSPS) is 11.2. The summed E-state index contributed by atoms with van der Waals surface area (Å²) in [6.07, 6.45) is 0. The van der Waals surface area contributed by atoms with Crippen molar-refractivity contribution in [2.45, 2.75) is 18.7 Å². The van der Waals surface area contributed by atoms with Crippen molar-refractivity contribution in [1.29, 1.82) is 0 Å². The topological polar surface area (TPSA) is 58.2 Å². The number of halogens is 1. The van der Waals surface area contributed by atoms with E-state index in [9.17, 15) is 8.42 Å². The van der Waals surface area contributed by atoms with Crippen LogP contribution in [-0.4, -0.2) is 15.0 Å². The van der Waals surface area contributed by atoms with Gasteiger partial charge in [-0.25, -0.2) is 8.42 Å². The first-order chi connectivity index (χ1) is 9.94. The van der Waals surface area contributed by atoms with E-state index in [0.29, 0.717) is 22.9 Å². The fourth-order valence-corrected chi connectivity index (χ4v) is 3.32. The number of nitrogens with one attached hydrogen (secondary N) is 2. The SMILES string of the molecule is CCNc1ccccc1S(=O)(=O)Nc1ccc(C)c(Cl)c1. The van der Waals surface area contributed by atoms with Gasteiger partial charge in [0.25, 0.3) is 10.0 Å². The molecule has 2 rings (SSSR count). The number of hydrogen-bond donors (Lipinski definition) is 2. The highest BCUT2D eigenvalue weighted by Gasteiger charge is 2.18. The van der Waals surface area contributed by atoms with Crippen LogP contribution in [0.2, 0.25) is 5.02 Å². The van der Waals surface area contributed by atoms with Gasteiger partial charge in [0.05, 0.1) is 11.4 Å². The summed E-state index contributed by atoms with van der Waals surface area (Å²) in [7, 11) is -3.67. The van der Waals surface area contributed by atoms with Crippen molar-refractivity contribution < 1.29 is 8.42 Å². The number of aryl methyl sites for hydroxylation is 1. The molecule has 21 heavy (non-hydrogen) atoms. The fourth-order valence-electron chi connectivity index (χ4n) is 1.90. The van der Waals surface area contributed by atoms with Crippen LogP contribution in [0.25, 0.3) is 0 Å². The lowest BCUT2D eigenvalue weighted by Crippen LogP contribution is -2.15. The number of para-hydroxylation sites is 1. The zero-order valence-corrected chi connectivity index (χ0v) is 13.4. The highest BCUT2D eigenvalue weighted by molar-refractivity contribution is 7.92. The Labute approximate surface area is 130 Å². The van der Waals surface area contributed by atoms with Gasteiger partial charge in [-0.3, -0.25) is 4.72 Å². The lowest BCUT2D eigenvalue weighted by molar-refractivity contribution is 0.601. The van der Waals surface area contributed by atoms with Gasteiger partial charge in [-0.2, -0.15) is 0 Å². The van der Waals surface area contributed by atoms with Crippen LogP contribution in [0.4, 0.5) is 11.4 Å². The van der Waals surface area contributed by atoms with E-state index in [4.69, 9.17) is 11.6 Å². The Hall–Kier alpha value is -1.72. The molecule has 6 heteroatoms. The van der Waals surface area contributed by atoms with Crippen molar-refractivity contribution >= 4 is 33.0 Å². The van der Waals surface area contributed by atoms with Crippen molar-refractivity contribution in [3.05, 3.63) is 53.1 Å². The lowest BCUT2D eigenvalue weighted by Gasteiger charge is -2.13. The van der Waals surface area contributed by atoms with Gasteiger partial charge in [0, 0.05) is 11.6 Å². The number of rotatable bonds is 5. The van der Waals surface area contributed by atoms with Crippen LogP contribution in [0.1, 0.15) is 12.5 Å². The lowest BCUT2D eigenvalue weighted by atomic mass is 10.2. The quantitative estimate of drug-likeness (QED) is 0.877. The van der Waals surface area contributed by atoms with Crippen molar-refractivity contribution in [1.82, 2.24) is 0 Å². The summed E-state index contributed by atoms with van der Waals surface area (Å²) < 4.78 is 27.5. The number of sulfonamides is 1. The van der Waals surface area contributed by atoms with Gasteiger partial charge in [-0.05, 0) is 43.7 Å². The third-order valence-corrected chi connectivity index (χ3v) is 4.81. The molecule has 2 aromatic rings. The van der Waals surface area contributed by atoms with E-state index in [2.05, 4.69) is 10.0 Å². The van der Waals surface area contributed by atoms with Crippen molar-refractivity contribution in [3.63, 3.8) is 0 Å². The second-order valence-electron chi connectivity index (χ2n) is 4.60. The first-order valence-corrected chi connectivity index (χ1v) is 8.42. The Balaban J connectivity index is 2.36. The third-order valence-electron chi connectivity index (χ3n) is 2.97. The molecule has 0 spiro atoms. The van der Waals surface area contributed by atoms with E-state index in [1.54, 1.807) is 42.5 Å². The summed E-state index contributed by atoms with van der Waals surface area (Å²) in [5.41, 5.74) is 1.91. The fraction of sp³-hybridized carbons (Fsp3) is 0.200. The molecule has 0 heterocycles. The summed E-state index contributed by atoms with van der Waals surface area (Å²) >= 11 is 6.02. The number of anilines is 2. The average Bonchev–Trinajstić information content (AvgIpc) is 2.43. The van der Waals surface area contributed by atoms with E-state index < -0.39 is 10.0 Å². The molecule has 0 aromatic heterocycles. The first-order valence-electron chi connectivity index (χ1n) is 6.56. The van der Waals surface area contributed by atoms with Crippen LogP contribution in [-0.2, 0) is 10.0 Å². The molecule has 0 fully saturated rings. The summed E-state index contributed by atoms with van der Waals surface area (Å²) in [6.45, 7) is 4.42. The molecule has 0 radical (unpaired) electrons. The monoisotopic (exact) mass is 324 g/mol. The van der Waals surface area contributed by atoms with Gasteiger partial charge >= 0.3 is 0 Å². The maximum atomic E-state index is 12.5. The van der Waals surface area contributed by atoms with Gasteiger partial charge in [-0.1, -0.05) is 29.8 Å². The Morgan fingerprint density at radius 1 is 1.14 bits per heavy atom. The molecular weight excluding hydrogens is 308 g/mol. The summed E-state index contributed by atoms with van der Waals surface area (Å²) in [5, 5.41) is 3.57. The number of benzene rings is 2. The average molecular weight is 325 g/mol. The van der Waals surface area contributed by atoms with Crippen molar-refractivity contribution in [2.75, 3.05) is 16.6 Å². The Bertz CT molecular complexity index is 745. The Kier molecular flexibility index (Phi) is 4.75. The Morgan fingerprint density at radius 3 is 2.52 bits per heavy atom. The predicted molar refractivity (Wildman–Crippen MR) is 87.6 cm³/mol. The van der Waals surface area contributed by atoms with E-state index in [1.807, 2.05) is 13.8 Å². The van der Waals surface area contributed by atoms with Crippen LogP contribution in [0.3, 0.4) is 0 Å². The molecule has 0 bridgehead atoms. The molecule has 0 aliphatic heterocycles. The van der Waals surface area contributed by atoms with Gasteiger partial charge in [-0.15, -0.1) is 0 Å². The highest BCUT2D eigenvalue weighted by atomic mass is 35.5. The van der Waals surface area contributed by atoms with Gasteiger partial charge in [0.2, 0.25) is 0 Å². The molecule has 0 saturated heterocycles. The third kappa shape index (κ3) is 3.68. The van der Waals surface area contributed by atoms with E-state index in [0.717, 1.165) is 5.56 Å². The predicted octanol–water partition coefficient (Wildman–Crippen LogP) is 3.88. The van der Waals surface area contributed by atoms with Gasteiger partial charge < -0.3 is 5.32 Å². The van der Waals surface area contributed by atoms with Gasteiger partial charge in [0.1, 0.15) is 4.90 Å². The zero-order chi connectivity index (χ0) is 15.5. The minimum absolute atomic E-state index is 0.212. The van der Waals surface area contributed by atoms with Crippen LogP contribution >= 0.6 is 11.6 Å². The summed E-state index contributed by atoms with van der Waals surface area (Å²) in [5.74, 6) is 0. The largest absolute Gasteiger partial charge is 0.384 e. The standard InChI is InChI=1S/C15H17ClN2O2S/c1-3-17-14-6-4-5-7-15(14)21(19,20)18-12-9-8-11(2)13(16)10-12/h4-10,17-18H,3H2,1-2H3. The molecule has 0 atom stereocenters. The smallest absolute Gasteiger partial charge is 0.263 e. The van der Waals surface area contributed by atoms with E-state index >= 15 is 0 Å². The van der Waals surface area contributed by atoms with Crippen molar-refractivity contribution in [3.8, 4) is 0 Å². The number of hydrogen-bond acceptors (Lipinski definition) is 3. The molecule has 2 N–H and O–H groups in total. The minimum atomic E-state index is -3.67. The molecule has 0 unspecified atom stereocenters. The zero-order valence-electron chi connectivity index (χ0n) is 11.9. The molecule has 4 nitrogen and oxygen atoms in total. The molecule has 2 aromatic carbocycles. The van der Waals surface area contributed by atoms with Crippen LogP contribution in [0.15, 0.2) is 47.4 Å². The molecule has 0 amide bonds. The molecular formula is C15H17ClN2O2S. The van der Waals surface area contributed by atoms with Crippen molar-refractivity contribution in [2.24, 2.45) is 0 Å². The maximum absolute atomic E-state index is 12.5. The highest BCUT2D eigenvalue weighted by Crippen LogP contribution is 2.25.